The Morgan fingerprint density at radius 3 is 2.53 bits per heavy atom. The Hall–Kier alpha value is -0.260. The van der Waals surface area contributed by atoms with Gasteiger partial charge in [0.15, 0.2) is 0 Å². The summed E-state index contributed by atoms with van der Waals surface area (Å²) < 4.78 is 0. The fourth-order valence-electron chi connectivity index (χ4n) is 2.83. The van der Waals surface area contributed by atoms with Crippen molar-refractivity contribution in [1.29, 1.82) is 0 Å². The lowest BCUT2D eigenvalue weighted by Gasteiger charge is -2.39. The molecule has 1 aliphatic heterocycles. The first kappa shape index (κ1) is 13.2. The maximum absolute atomic E-state index is 11.3. The molecule has 0 aromatic rings. The van der Waals surface area contributed by atoms with Crippen LogP contribution >= 0.6 is 11.8 Å². The Balaban J connectivity index is 1.90. The molecule has 0 bridgehead atoms. The molecule has 1 saturated heterocycles. The van der Waals surface area contributed by atoms with E-state index in [1.54, 1.807) is 11.8 Å². The fourth-order valence-corrected chi connectivity index (χ4v) is 4.58. The van der Waals surface area contributed by atoms with Crippen LogP contribution in [0.1, 0.15) is 38.5 Å². The molecule has 3 unspecified atom stereocenters. The molecule has 2 aliphatic rings. The Bertz CT molecular complexity index is 268. The minimum absolute atomic E-state index is 0.0831. The first-order valence-electron chi connectivity index (χ1n) is 6.55. The molecule has 1 N–H and O–H groups in total. The standard InChI is InChI=1S/C12H21NO3S/c14-12(15)10-8-13(16)7-6-11(10)17-9-4-2-1-3-5-9/h9-11,13H,1-8H2,(H,14,15)/p-1. The third-order valence-corrected chi connectivity index (χ3v) is 5.60. The molecule has 1 heterocycles. The molecule has 17 heavy (non-hydrogen) atoms. The predicted molar refractivity (Wildman–Crippen MR) is 65.4 cm³/mol. The zero-order chi connectivity index (χ0) is 12.3. The quantitative estimate of drug-likeness (QED) is 0.698. The number of carbonyl (C=O) groups excluding carboxylic acids is 1. The van der Waals surface area contributed by atoms with Crippen LogP contribution in [0.25, 0.3) is 0 Å². The van der Waals surface area contributed by atoms with Crippen molar-refractivity contribution in [2.24, 2.45) is 5.92 Å². The van der Waals surface area contributed by atoms with Gasteiger partial charge in [-0.2, -0.15) is 11.8 Å². The second-order valence-electron chi connectivity index (χ2n) is 5.14. The monoisotopic (exact) mass is 258 g/mol. The molecule has 3 atom stereocenters. The van der Waals surface area contributed by atoms with Gasteiger partial charge in [-0.15, -0.1) is 0 Å². The van der Waals surface area contributed by atoms with E-state index in [0.29, 0.717) is 11.8 Å². The topological polar surface area (TPSA) is 67.6 Å². The van der Waals surface area contributed by atoms with Crippen molar-refractivity contribution in [2.45, 2.75) is 49.0 Å². The second kappa shape index (κ2) is 6.07. The van der Waals surface area contributed by atoms with Crippen molar-refractivity contribution < 1.29 is 15.0 Å². The van der Waals surface area contributed by atoms with E-state index in [4.69, 9.17) is 0 Å². The number of quaternary nitrogens is 1. The third kappa shape index (κ3) is 3.60. The van der Waals surface area contributed by atoms with Crippen molar-refractivity contribution >= 4 is 17.7 Å². The van der Waals surface area contributed by atoms with Gasteiger partial charge in [-0.25, -0.2) is 0 Å². The average Bonchev–Trinajstić information content (AvgIpc) is 2.32. The molecule has 1 aliphatic carbocycles. The van der Waals surface area contributed by atoms with Crippen LogP contribution in [0.15, 0.2) is 0 Å². The predicted octanol–water partition coefficient (Wildman–Crippen LogP) is -0.427. The van der Waals surface area contributed by atoms with Crippen LogP contribution in [-0.2, 0) is 4.79 Å². The first-order valence-corrected chi connectivity index (χ1v) is 7.49. The number of piperidine rings is 1. The summed E-state index contributed by atoms with van der Waals surface area (Å²) in [6, 6.07) is 0. The number of rotatable bonds is 3. The van der Waals surface area contributed by atoms with Crippen LogP contribution in [0.3, 0.4) is 0 Å². The van der Waals surface area contributed by atoms with Crippen LogP contribution in [0.4, 0.5) is 0 Å². The maximum atomic E-state index is 11.3. The third-order valence-electron chi connectivity index (χ3n) is 3.83. The van der Waals surface area contributed by atoms with Crippen molar-refractivity contribution in [3.8, 4) is 0 Å². The number of carboxylic acids is 1. The van der Waals surface area contributed by atoms with Crippen molar-refractivity contribution in [3.05, 3.63) is 5.21 Å². The van der Waals surface area contributed by atoms with Crippen molar-refractivity contribution in [3.63, 3.8) is 0 Å². The number of hydroxylamine groups is 2. The molecule has 0 spiro atoms. The number of carbonyl (C=O) groups is 1. The van der Waals surface area contributed by atoms with Gasteiger partial charge in [0.05, 0.1) is 25.0 Å². The summed E-state index contributed by atoms with van der Waals surface area (Å²) in [4.78, 5) is 11.1. The Kier molecular flexibility index (Phi) is 4.70. The molecule has 0 aromatic heterocycles. The van der Waals surface area contributed by atoms with E-state index in [2.05, 4.69) is 0 Å². The summed E-state index contributed by atoms with van der Waals surface area (Å²) in [5.41, 5.74) is 0. The molecule has 2 rings (SSSR count). The van der Waals surface area contributed by atoms with Crippen LogP contribution in [0.2, 0.25) is 0 Å². The summed E-state index contributed by atoms with van der Waals surface area (Å²) in [6.45, 7) is 0.737. The van der Waals surface area contributed by atoms with Crippen LogP contribution in [-0.4, -0.2) is 29.6 Å². The molecule has 0 aromatic carbocycles. The van der Waals surface area contributed by atoms with E-state index in [1.807, 2.05) is 0 Å². The van der Waals surface area contributed by atoms with E-state index < -0.39 is 11.9 Å². The zero-order valence-electron chi connectivity index (χ0n) is 10.0. The first-order chi connectivity index (χ1) is 8.16. The lowest BCUT2D eigenvalue weighted by molar-refractivity contribution is -0.856. The molecular weight excluding hydrogens is 238 g/mol. The lowest BCUT2D eigenvalue weighted by atomic mass is 9.99. The SMILES string of the molecule is O=C([O-])C1C[NH+]([O-])CCC1SC1CCCCC1. The minimum atomic E-state index is -1.04. The number of hydrogen-bond acceptors (Lipinski definition) is 4. The van der Waals surface area contributed by atoms with Gasteiger partial charge in [-0.05, 0) is 12.8 Å². The van der Waals surface area contributed by atoms with Crippen molar-refractivity contribution in [1.82, 2.24) is 0 Å². The fraction of sp³-hybridized carbons (Fsp3) is 0.917. The van der Waals surface area contributed by atoms with Crippen LogP contribution < -0.4 is 10.2 Å². The number of carboxylic acid groups (broad SMARTS) is 1. The summed E-state index contributed by atoms with van der Waals surface area (Å²) in [6.07, 6.45) is 6.96. The molecule has 0 radical (unpaired) electrons. The zero-order valence-corrected chi connectivity index (χ0v) is 10.8. The van der Waals surface area contributed by atoms with Crippen LogP contribution in [0, 0.1) is 11.1 Å². The van der Waals surface area contributed by atoms with Gasteiger partial charge < -0.3 is 20.2 Å². The molecular formula is C12H20NO3S-. The maximum Gasteiger partial charge on any atom is 0.0860 e. The lowest BCUT2D eigenvalue weighted by Crippen LogP contribution is -3.10. The number of hydrogen-bond donors (Lipinski definition) is 1. The summed E-state index contributed by atoms with van der Waals surface area (Å²) in [5, 5.41) is 23.2. The van der Waals surface area contributed by atoms with Gasteiger partial charge in [0, 0.05) is 16.9 Å². The Labute approximate surface area is 106 Å². The van der Waals surface area contributed by atoms with E-state index in [-0.39, 0.29) is 16.9 Å². The average molecular weight is 258 g/mol. The smallest absolute Gasteiger partial charge is 0.0860 e. The highest BCUT2D eigenvalue weighted by Gasteiger charge is 2.32. The van der Waals surface area contributed by atoms with Gasteiger partial charge in [0.1, 0.15) is 0 Å². The normalized spacial score (nSPS) is 35.7. The van der Waals surface area contributed by atoms with Crippen LogP contribution in [0.5, 0.6) is 0 Å². The van der Waals surface area contributed by atoms with Crippen molar-refractivity contribution in [2.75, 3.05) is 13.1 Å². The number of thioether (sulfide) groups is 1. The van der Waals surface area contributed by atoms with E-state index in [9.17, 15) is 15.1 Å². The minimum Gasteiger partial charge on any atom is -0.634 e. The molecule has 4 nitrogen and oxygen atoms in total. The second-order valence-corrected chi connectivity index (χ2v) is 6.69. The highest BCUT2D eigenvalue weighted by Crippen LogP contribution is 2.35. The van der Waals surface area contributed by atoms with E-state index in [0.717, 1.165) is 6.42 Å². The number of aliphatic carboxylic acids is 1. The molecule has 1 saturated carbocycles. The Morgan fingerprint density at radius 1 is 1.18 bits per heavy atom. The van der Waals surface area contributed by atoms with Gasteiger partial charge in [-0.1, -0.05) is 19.3 Å². The summed E-state index contributed by atoms with van der Waals surface area (Å²) in [7, 11) is 0. The molecule has 5 heteroatoms. The molecule has 0 amide bonds. The highest BCUT2D eigenvalue weighted by molar-refractivity contribution is 8.00. The highest BCUT2D eigenvalue weighted by atomic mass is 32.2. The van der Waals surface area contributed by atoms with Gasteiger partial charge in [-0.3, -0.25) is 0 Å². The van der Waals surface area contributed by atoms with Gasteiger partial charge >= 0.3 is 0 Å². The Morgan fingerprint density at radius 2 is 1.88 bits per heavy atom. The summed E-state index contributed by atoms with van der Waals surface area (Å²) in [5.74, 6) is -1.59. The number of nitrogens with one attached hydrogen (secondary N) is 1. The van der Waals surface area contributed by atoms with E-state index >= 15 is 0 Å². The van der Waals surface area contributed by atoms with E-state index in [1.165, 1.54) is 32.1 Å². The summed E-state index contributed by atoms with van der Waals surface area (Å²) >= 11 is 1.81. The van der Waals surface area contributed by atoms with Gasteiger partial charge in [0.25, 0.3) is 0 Å². The molecule has 98 valence electrons. The van der Waals surface area contributed by atoms with Gasteiger partial charge in [0.2, 0.25) is 0 Å². The molecule has 2 fully saturated rings. The largest absolute Gasteiger partial charge is 0.634 e.